The molecule has 0 saturated carbocycles. The summed E-state index contributed by atoms with van der Waals surface area (Å²) in [4.78, 5) is 27.4. The topological polar surface area (TPSA) is 143 Å². The molecule has 0 bridgehead atoms. The Balaban J connectivity index is 2.01. The van der Waals surface area contributed by atoms with E-state index in [-0.39, 0.29) is 23.9 Å². The van der Waals surface area contributed by atoms with E-state index in [0.717, 1.165) is 4.57 Å². The Bertz CT molecular complexity index is 702. The van der Waals surface area contributed by atoms with E-state index >= 15 is 0 Å². The number of aliphatic hydroxyl groups is 1. The fraction of sp³-hybridized carbons (Fsp3) is 0.562. The normalized spacial score (nSPS) is 24.5. The first kappa shape index (κ1) is 19.1. The zero-order valence-electron chi connectivity index (χ0n) is 14.3. The number of carbonyl (C=O) groups is 1. The molecule has 138 valence electrons. The van der Waals surface area contributed by atoms with Crippen molar-refractivity contribution in [2.24, 2.45) is 11.7 Å². The van der Waals surface area contributed by atoms with Crippen LogP contribution in [0.3, 0.4) is 0 Å². The number of nitrogens with zero attached hydrogens (tertiary/aromatic N) is 2. The lowest BCUT2D eigenvalue weighted by molar-refractivity contribution is -0.152. The van der Waals surface area contributed by atoms with Crippen molar-refractivity contribution >= 4 is 11.8 Å². The lowest BCUT2D eigenvalue weighted by Gasteiger charge is -2.18. The van der Waals surface area contributed by atoms with E-state index in [4.69, 9.17) is 20.9 Å². The minimum Gasteiger partial charge on any atom is -0.462 e. The third kappa shape index (κ3) is 4.44. The fourth-order valence-electron chi connectivity index (χ4n) is 2.57. The number of aromatic nitrogens is 2. The summed E-state index contributed by atoms with van der Waals surface area (Å²) in [6.45, 7) is 7.45. The number of hydrogen-bond donors (Lipinski definition) is 3. The molecule has 1 saturated heterocycles. The standard InChI is InChI=1S/C16H24N4O5/c1-8(2)6-10(17)15(22)24-7-11-13(21)9(3)14(25-11)20-5-4-12(18)19-16(20)23/h4-5,8,10-11,13-14,21H,3,6-7,17H2,1-2H3,(H2,18,19,23)/t10?,11-,13+,14-/m1/s1. The van der Waals surface area contributed by atoms with Gasteiger partial charge < -0.3 is 26.0 Å². The van der Waals surface area contributed by atoms with Gasteiger partial charge in [0.1, 0.15) is 30.7 Å². The summed E-state index contributed by atoms with van der Waals surface area (Å²) >= 11 is 0. The monoisotopic (exact) mass is 352 g/mol. The van der Waals surface area contributed by atoms with Crippen LogP contribution in [0.4, 0.5) is 5.82 Å². The average Bonchev–Trinajstić information content (AvgIpc) is 2.80. The fourth-order valence-corrected chi connectivity index (χ4v) is 2.57. The van der Waals surface area contributed by atoms with Crippen molar-refractivity contribution in [2.45, 2.75) is 44.7 Å². The maximum atomic E-state index is 11.9. The molecule has 1 fully saturated rings. The molecule has 9 nitrogen and oxygen atoms in total. The van der Waals surface area contributed by atoms with E-state index in [1.54, 1.807) is 0 Å². The Morgan fingerprint density at radius 2 is 2.24 bits per heavy atom. The second-order valence-electron chi connectivity index (χ2n) is 6.45. The number of carbonyl (C=O) groups excluding carboxylic acids is 1. The first-order valence-corrected chi connectivity index (χ1v) is 7.99. The molecule has 4 atom stereocenters. The smallest absolute Gasteiger partial charge is 0.351 e. The number of aliphatic hydroxyl groups excluding tert-OH is 1. The van der Waals surface area contributed by atoms with Crippen LogP contribution in [0.5, 0.6) is 0 Å². The minimum absolute atomic E-state index is 0.0787. The lowest BCUT2D eigenvalue weighted by Crippen LogP contribution is -2.37. The van der Waals surface area contributed by atoms with Gasteiger partial charge in [-0.3, -0.25) is 9.36 Å². The molecule has 1 unspecified atom stereocenters. The summed E-state index contributed by atoms with van der Waals surface area (Å²) in [6.07, 6.45) is -0.959. The van der Waals surface area contributed by atoms with Gasteiger partial charge in [-0.15, -0.1) is 0 Å². The molecule has 0 aliphatic carbocycles. The SMILES string of the molecule is C=C1[C@H](n2ccc(N)nc2=O)O[C@H](COC(=O)C(N)CC(C)C)[C@H]1O. The first-order chi connectivity index (χ1) is 11.7. The number of nitrogen functional groups attached to an aromatic ring is 1. The van der Waals surface area contributed by atoms with Gasteiger partial charge in [-0.25, -0.2) is 4.79 Å². The molecular formula is C16H24N4O5. The van der Waals surface area contributed by atoms with Crippen LogP contribution in [0.1, 0.15) is 26.5 Å². The highest BCUT2D eigenvalue weighted by Gasteiger charge is 2.40. The highest BCUT2D eigenvalue weighted by molar-refractivity contribution is 5.75. The van der Waals surface area contributed by atoms with E-state index in [9.17, 15) is 14.7 Å². The predicted octanol–water partition coefficient (Wildman–Crippen LogP) is -0.443. The second kappa shape index (κ2) is 7.77. The van der Waals surface area contributed by atoms with Crippen molar-refractivity contribution in [1.29, 1.82) is 0 Å². The van der Waals surface area contributed by atoms with Crippen LogP contribution in [0.15, 0.2) is 29.2 Å². The molecule has 5 N–H and O–H groups in total. The Morgan fingerprint density at radius 3 is 2.84 bits per heavy atom. The molecule has 0 spiro atoms. The van der Waals surface area contributed by atoms with Crippen LogP contribution in [0.2, 0.25) is 0 Å². The van der Waals surface area contributed by atoms with Crippen LogP contribution in [-0.2, 0) is 14.3 Å². The van der Waals surface area contributed by atoms with Crippen LogP contribution in [0.25, 0.3) is 0 Å². The van der Waals surface area contributed by atoms with Crippen molar-refractivity contribution in [3.05, 3.63) is 34.9 Å². The van der Waals surface area contributed by atoms with Gasteiger partial charge in [0.15, 0.2) is 6.23 Å². The van der Waals surface area contributed by atoms with Gasteiger partial charge in [0.05, 0.1) is 0 Å². The van der Waals surface area contributed by atoms with E-state index < -0.39 is 36.1 Å². The van der Waals surface area contributed by atoms with E-state index in [1.165, 1.54) is 12.3 Å². The molecule has 1 aliphatic heterocycles. The molecule has 0 aromatic carbocycles. The second-order valence-corrected chi connectivity index (χ2v) is 6.45. The molecular weight excluding hydrogens is 328 g/mol. The van der Waals surface area contributed by atoms with Crippen LogP contribution >= 0.6 is 0 Å². The van der Waals surface area contributed by atoms with Crippen LogP contribution in [0, 0.1) is 5.92 Å². The summed E-state index contributed by atoms with van der Waals surface area (Å²) in [6, 6.07) is 0.698. The predicted molar refractivity (Wildman–Crippen MR) is 90.4 cm³/mol. The molecule has 2 rings (SSSR count). The van der Waals surface area contributed by atoms with E-state index in [1.807, 2.05) is 13.8 Å². The minimum atomic E-state index is -1.09. The summed E-state index contributed by atoms with van der Waals surface area (Å²) in [7, 11) is 0. The van der Waals surface area contributed by atoms with Crippen molar-refractivity contribution in [1.82, 2.24) is 9.55 Å². The van der Waals surface area contributed by atoms with Crippen molar-refractivity contribution in [2.75, 3.05) is 12.3 Å². The van der Waals surface area contributed by atoms with E-state index in [2.05, 4.69) is 11.6 Å². The molecule has 0 radical (unpaired) electrons. The van der Waals surface area contributed by atoms with Gasteiger partial charge in [-0.2, -0.15) is 4.98 Å². The number of rotatable bonds is 6. The Morgan fingerprint density at radius 1 is 1.56 bits per heavy atom. The summed E-state index contributed by atoms with van der Waals surface area (Å²) in [5.74, 6) is -0.232. The highest BCUT2D eigenvalue weighted by atomic mass is 16.6. The summed E-state index contributed by atoms with van der Waals surface area (Å²) in [5.41, 5.74) is 10.8. The number of esters is 1. The first-order valence-electron chi connectivity index (χ1n) is 7.99. The number of nitrogens with two attached hydrogens (primary N) is 2. The molecule has 1 aromatic heterocycles. The van der Waals surface area contributed by atoms with Crippen LogP contribution in [-0.4, -0.2) is 45.5 Å². The highest BCUT2D eigenvalue weighted by Crippen LogP contribution is 2.32. The lowest BCUT2D eigenvalue weighted by atomic mass is 10.0. The quantitative estimate of drug-likeness (QED) is 0.462. The van der Waals surface area contributed by atoms with Crippen molar-refractivity contribution in [3.63, 3.8) is 0 Å². The molecule has 0 amide bonds. The van der Waals surface area contributed by atoms with Crippen LogP contribution < -0.4 is 17.2 Å². The van der Waals surface area contributed by atoms with Gasteiger partial charge in [0, 0.05) is 11.8 Å². The van der Waals surface area contributed by atoms with Gasteiger partial charge in [-0.1, -0.05) is 20.4 Å². The average molecular weight is 352 g/mol. The molecule has 1 aromatic rings. The maximum Gasteiger partial charge on any atom is 0.351 e. The molecule has 25 heavy (non-hydrogen) atoms. The largest absolute Gasteiger partial charge is 0.462 e. The van der Waals surface area contributed by atoms with Crippen molar-refractivity contribution in [3.8, 4) is 0 Å². The van der Waals surface area contributed by atoms with Gasteiger partial charge in [-0.05, 0) is 18.4 Å². The van der Waals surface area contributed by atoms with Gasteiger partial charge in [0.25, 0.3) is 0 Å². The number of hydrogen-bond acceptors (Lipinski definition) is 8. The Kier molecular flexibility index (Phi) is 5.93. The zero-order valence-corrected chi connectivity index (χ0v) is 14.3. The third-order valence-corrected chi connectivity index (χ3v) is 3.88. The summed E-state index contributed by atoms with van der Waals surface area (Å²) < 4.78 is 11.9. The number of anilines is 1. The van der Waals surface area contributed by atoms with Gasteiger partial charge in [0.2, 0.25) is 0 Å². The molecule has 2 heterocycles. The zero-order chi connectivity index (χ0) is 18.7. The third-order valence-electron chi connectivity index (χ3n) is 3.88. The maximum absolute atomic E-state index is 11.9. The van der Waals surface area contributed by atoms with E-state index in [0.29, 0.717) is 6.42 Å². The van der Waals surface area contributed by atoms with Gasteiger partial charge >= 0.3 is 11.7 Å². The summed E-state index contributed by atoms with van der Waals surface area (Å²) in [5, 5.41) is 10.2. The Labute approximate surface area is 145 Å². The number of ether oxygens (including phenoxy) is 2. The molecule has 1 aliphatic rings. The Hall–Kier alpha value is -2.23. The van der Waals surface area contributed by atoms with Crippen molar-refractivity contribution < 1.29 is 19.4 Å². The molecule has 9 heteroatoms.